The normalized spacial score (nSPS) is 29.8. The van der Waals surface area contributed by atoms with Crippen LogP contribution in [0.15, 0.2) is 18.2 Å². The predicted octanol–water partition coefficient (Wildman–Crippen LogP) is 1.82. The average Bonchev–Trinajstić information content (AvgIpc) is 2.96. The van der Waals surface area contributed by atoms with Crippen molar-refractivity contribution in [3.63, 3.8) is 0 Å². The van der Waals surface area contributed by atoms with Gasteiger partial charge in [0.25, 0.3) is 23.4 Å². The van der Waals surface area contributed by atoms with Gasteiger partial charge in [0.2, 0.25) is 0 Å². The van der Waals surface area contributed by atoms with Crippen LogP contribution in [0.1, 0.15) is 59.2 Å². The number of hydrogen-bond acceptors (Lipinski definition) is 7. The molecular formula is C22H23N3O7. The molecule has 4 bridgehead atoms. The van der Waals surface area contributed by atoms with Gasteiger partial charge in [-0.2, -0.15) is 0 Å². The van der Waals surface area contributed by atoms with Crippen LogP contribution in [0.2, 0.25) is 0 Å². The zero-order valence-corrected chi connectivity index (χ0v) is 17.4. The largest absolute Gasteiger partial charge is 0.454 e. The van der Waals surface area contributed by atoms with Gasteiger partial charge in [-0.05, 0) is 62.3 Å². The van der Waals surface area contributed by atoms with Gasteiger partial charge in [-0.1, -0.05) is 6.07 Å². The second-order valence-electron chi connectivity index (χ2n) is 9.56. The highest BCUT2D eigenvalue weighted by atomic mass is 16.6. The summed E-state index contributed by atoms with van der Waals surface area (Å²) in [6.45, 7) is -1.21. The molecule has 4 fully saturated rings. The lowest BCUT2D eigenvalue weighted by Crippen LogP contribution is -2.60. The molecule has 4 saturated carbocycles. The number of imide groups is 1. The predicted molar refractivity (Wildman–Crippen MR) is 108 cm³/mol. The lowest BCUT2D eigenvalue weighted by Gasteiger charge is -2.56. The molecule has 10 nitrogen and oxygen atoms in total. The maximum atomic E-state index is 12.5. The summed E-state index contributed by atoms with van der Waals surface area (Å²) in [5.41, 5.74) is -1.17. The number of nitro benzene ring substituents is 1. The van der Waals surface area contributed by atoms with Crippen LogP contribution >= 0.6 is 0 Å². The molecule has 5 aliphatic rings. The molecule has 0 unspecified atom stereocenters. The van der Waals surface area contributed by atoms with E-state index in [9.17, 15) is 29.3 Å². The molecule has 3 amide bonds. The van der Waals surface area contributed by atoms with E-state index in [0.29, 0.717) is 22.7 Å². The summed E-state index contributed by atoms with van der Waals surface area (Å²) < 4.78 is 5.02. The number of nitro groups is 1. The van der Waals surface area contributed by atoms with Crippen LogP contribution < -0.4 is 5.32 Å². The summed E-state index contributed by atoms with van der Waals surface area (Å²) in [5, 5.41) is 14.3. The van der Waals surface area contributed by atoms with E-state index in [2.05, 4.69) is 5.32 Å². The quantitative estimate of drug-likeness (QED) is 0.308. The van der Waals surface area contributed by atoms with Gasteiger partial charge < -0.3 is 10.1 Å². The van der Waals surface area contributed by atoms with Gasteiger partial charge in [-0.25, -0.2) is 0 Å². The molecule has 1 aromatic carbocycles. The topological polar surface area (TPSA) is 136 Å². The SMILES string of the molecule is O=C(COC(=O)CN1C(=O)c2cccc([N+](=O)[O-])c2C1=O)NC12CC3CC(CC(C3)C1)C2. The van der Waals surface area contributed by atoms with Gasteiger partial charge >= 0.3 is 5.97 Å². The number of carbonyl (C=O) groups excluding carboxylic acids is 4. The Labute approximate surface area is 183 Å². The molecule has 10 heteroatoms. The minimum atomic E-state index is -0.928. The standard InChI is InChI=1S/C22H23N3O7/c26-17(23-22-7-12-4-13(8-22)6-14(5-12)9-22)11-32-18(27)10-24-20(28)15-2-1-3-16(25(30)31)19(15)21(24)29/h1-3,12-14H,4-11H2,(H,23,26). The van der Waals surface area contributed by atoms with E-state index in [0.717, 1.165) is 25.3 Å². The molecule has 0 spiro atoms. The number of hydrogen-bond donors (Lipinski definition) is 1. The van der Waals surface area contributed by atoms with E-state index in [1.807, 2.05) is 0 Å². The monoisotopic (exact) mass is 441 g/mol. The van der Waals surface area contributed by atoms with E-state index < -0.39 is 47.5 Å². The molecule has 1 aliphatic heterocycles. The maximum Gasteiger partial charge on any atom is 0.326 e. The highest BCUT2D eigenvalue weighted by molar-refractivity contribution is 6.24. The Morgan fingerprint density at radius 3 is 2.31 bits per heavy atom. The highest BCUT2D eigenvalue weighted by Crippen LogP contribution is 2.55. The summed E-state index contributed by atoms with van der Waals surface area (Å²) in [6.07, 6.45) is 6.61. The fraction of sp³-hybridized carbons (Fsp3) is 0.545. The average molecular weight is 441 g/mol. The van der Waals surface area contributed by atoms with Crippen LogP contribution in [0.3, 0.4) is 0 Å². The Morgan fingerprint density at radius 2 is 1.72 bits per heavy atom. The van der Waals surface area contributed by atoms with Crippen molar-refractivity contribution in [2.75, 3.05) is 13.2 Å². The molecule has 6 rings (SSSR count). The number of fused-ring (bicyclic) bond motifs is 1. The fourth-order valence-electron chi connectivity index (χ4n) is 6.53. The van der Waals surface area contributed by atoms with E-state index in [1.54, 1.807) is 0 Å². The van der Waals surface area contributed by atoms with Gasteiger partial charge in [0.1, 0.15) is 12.1 Å². The first-order valence-electron chi connectivity index (χ1n) is 10.8. The van der Waals surface area contributed by atoms with E-state index >= 15 is 0 Å². The molecule has 168 valence electrons. The lowest BCUT2D eigenvalue weighted by atomic mass is 9.53. The van der Waals surface area contributed by atoms with Crippen molar-refractivity contribution in [3.8, 4) is 0 Å². The Kier molecular flexibility index (Phi) is 4.75. The van der Waals surface area contributed by atoms with E-state index in [1.165, 1.54) is 31.4 Å². The van der Waals surface area contributed by atoms with Gasteiger partial charge in [0.05, 0.1) is 10.5 Å². The molecule has 32 heavy (non-hydrogen) atoms. The van der Waals surface area contributed by atoms with Gasteiger partial charge in [0, 0.05) is 11.6 Å². The highest BCUT2D eigenvalue weighted by Gasteiger charge is 2.51. The van der Waals surface area contributed by atoms with E-state index in [4.69, 9.17) is 4.74 Å². The molecule has 4 aliphatic carbocycles. The van der Waals surface area contributed by atoms with Crippen molar-refractivity contribution in [1.29, 1.82) is 0 Å². The van der Waals surface area contributed by atoms with E-state index in [-0.39, 0.29) is 16.7 Å². The minimum Gasteiger partial charge on any atom is -0.454 e. The number of rotatable bonds is 6. The first-order chi connectivity index (χ1) is 15.2. The Hall–Kier alpha value is -3.30. The second kappa shape index (κ2) is 7.39. The molecule has 0 saturated heterocycles. The lowest BCUT2D eigenvalue weighted by molar-refractivity contribution is -0.385. The van der Waals surface area contributed by atoms with Crippen LogP contribution in [0.4, 0.5) is 5.69 Å². The van der Waals surface area contributed by atoms with Crippen molar-refractivity contribution < 1.29 is 28.8 Å². The third-order valence-electron chi connectivity index (χ3n) is 7.27. The van der Waals surface area contributed by atoms with Gasteiger partial charge in [-0.3, -0.25) is 34.2 Å². The van der Waals surface area contributed by atoms with Crippen LogP contribution in [-0.4, -0.2) is 52.2 Å². The minimum absolute atomic E-state index is 0.128. The summed E-state index contributed by atoms with van der Waals surface area (Å²) >= 11 is 0. The number of benzene rings is 1. The third-order valence-corrected chi connectivity index (χ3v) is 7.27. The number of carbonyl (C=O) groups is 4. The van der Waals surface area contributed by atoms with Gasteiger partial charge in [0.15, 0.2) is 6.61 Å². The summed E-state index contributed by atoms with van der Waals surface area (Å²) in [6, 6.07) is 3.73. The van der Waals surface area contributed by atoms with Crippen molar-refractivity contribution in [3.05, 3.63) is 39.4 Å². The van der Waals surface area contributed by atoms with Crippen LogP contribution in [-0.2, 0) is 14.3 Å². The number of amides is 3. The molecular weight excluding hydrogens is 418 g/mol. The number of nitrogens with one attached hydrogen (secondary N) is 1. The van der Waals surface area contributed by atoms with Crippen LogP contribution in [0.5, 0.6) is 0 Å². The molecule has 0 atom stereocenters. The van der Waals surface area contributed by atoms with Crippen molar-refractivity contribution in [1.82, 2.24) is 10.2 Å². The number of ether oxygens (including phenoxy) is 1. The van der Waals surface area contributed by atoms with Crippen LogP contribution in [0, 0.1) is 27.9 Å². The molecule has 0 radical (unpaired) electrons. The zero-order chi connectivity index (χ0) is 22.6. The summed E-state index contributed by atoms with van der Waals surface area (Å²) in [4.78, 5) is 60.8. The van der Waals surface area contributed by atoms with Crippen molar-refractivity contribution in [2.24, 2.45) is 17.8 Å². The number of esters is 1. The van der Waals surface area contributed by atoms with Crippen molar-refractivity contribution in [2.45, 2.75) is 44.1 Å². The smallest absolute Gasteiger partial charge is 0.326 e. The summed E-state index contributed by atoms with van der Waals surface area (Å²) in [7, 11) is 0. The Morgan fingerprint density at radius 1 is 1.09 bits per heavy atom. The zero-order valence-electron chi connectivity index (χ0n) is 17.4. The first kappa shape index (κ1) is 20.6. The van der Waals surface area contributed by atoms with Crippen molar-refractivity contribution >= 4 is 29.4 Å². The van der Waals surface area contributed by atoms with Gasteiger partial charge in [-0.15, -0.1) is 0 Å². The molecule has 1 heterocycles. The third kappa shape index (κ3) is 3.43. The fourth-order valence-corrected chi connectivity index (χ4v) is 6.53. The molecule has 1 N–H and O–H groups in total. The van der Waals surface area contributed by atoms with Crippen LogP contribution in [0.25, 0.3) is 0 Å². The molecule has 0 aromatic heterocycles. The molecule has 1 aromatic rings. The first-order valence-corrected chi connectivity index (χ1v) is 10.8. The number of nitrogens with zero attached hydrogens (tertiary/aromatic N) is 2. The Balaban J connectivity index is 1.18. The second-order valence-corrected chi connectivity index (χ2v) is 9.56. The Bertz CT molecular complexity index is 1010. The maximum absolute atomic E-state index is 12.5. The summed E-state index contributed by atoms with van der Waals surface area (Å²) in [5.74, 6) is -1.08.